The lowest BCUT2D eigenvalue weighted by atomic mass is 9.93. The Kier molecular flexibility index (Phi) is 1.38. The fourth-order valence-electron chi connectivity index (χ4n) is 2.46. The molecule has 2 aliphatic rings. The molecule has 0 radical (unpaired) electrons. The van der Waals surface area contributed by atoms with Crippen molar-refractivity contribution < 1.29 is 4.52 Å². The Morgan fingerprint density at radius 3 is 2.92 bits per heavy atom. The van der Waals surface area contributed by atoms with Gasteiger partial charge in [0.1, 0.15) is 0 Å². The topological polar surface area (TPSA) is 68.2 Å². The van der Waals surface area contributed by atoms with Gasteiger partial charge in [0.25, 0.3) is 5.95 Å². The lowest BCUT2D eigenvalue weighted by Crippen LogP contribution is -2.22. The van der Waals surface area contributed by atoms with Crippen LogP contribution >= 0.6 is 0 Å². The van der Waals surface area contributed by atoms with E-state index in [-0.39, 0.29) is 5.95 Å². The van der Waals surface area contributed by atoms with E-state index in [1.807, 2.05) is 0 Å². The quantitative estimate of drug-likeness (QED) is 0.662. The van der Waals surface area contributed by atoms with Crippen LogP contribution in [0.1, 0.15) is 18.2 Å². The number of piperidine rings is 1. The molecule has 1 aromatic rings. The number of hydrogen-bond acceptors (Lipinski definition) is 5. The third-order valence-corrected chi connectivity index (χ3v) is 3.11. The summed E-state index contributed by atoms with van der Waals surface area (Å²) in [6.45, 7) is 3.48. The van der Waals surface area contributed by atoms with Crippen molar-refractivity contribution in [3.63, 3.8) is 0 Å². The maximum atomic E-state index is 5.41. The van der Waals surface area contributed by atoms with Crippen LogP contribution in [0, 0.1) is 5.92 Å². The highest BCUT2D eigenvalue weighted by atomic mass is 16.5. The van der Waals surface area contributed by atoms with Gasteiger partial charge in [0.15, 0.2) is 0 Å². The zero-order valence-electron chi connectivity index (χ0n) is 7.31. The van der Waals surface area contributed by atoms with Crippen LogP contribution in [0.3, 0.4) is 0 Å². The number of nitrogens with two attached hydrogens (primary N) is 1. The first-order valence-electron chi connectivity index (χ1n) is 4.64. The van der Waals surface area contributed by atoms with Gasteiger partial charge < -0.3 is 15.2 Å². The molecule has 3 heterocycles. The molecule has 13 heavy (non-hydrogen) atoms. The van der Waals surface area contributed by atoms with Crippen molar-refractivity contribution in [3.05, 3.63) is 5.89 Å². The molecule has 2 bridgehead atoms. The van der Waals surface area contributed by atoms with Gasteiger partial charge in [-0.2, -0.15) is 4.98 Å². The monoisotopic (exact) mass is 180 g/mol. The zero-order valence-corrected chi connectivity index (χ0v) is 7.31. The third kappa shape index (κ3) is 1.03. The highest BCUT2D eigenvalue weighted by Gasteiger charge is 2.41. The fourth-order valence-corrected chi connectivity index (χ4v) is 2.46. The van der Waals surface area contributed by atoms with E-state index >= 15 is 0 Å². The molecule has 0 spiro atoms. The first kappa shape index (κ1) is 7.32. The van der Waals surface area contributed by atoms with E-state index in [1.165, 1.54) is 19.5 Å². The molecule has 2 aliphatic heterocycles. The van der Waals surface area contributed by atoms with Crippen molar-refractivity contribution >= 4 is 5.95 Å². The molecule has 2 N–H and O–H groups in total. The Labute approximate surface area is 75.9 Å². The van der Waals surface area contributed by atoms with Crippen LogP contribution in [0.5, 0.6) is 0 Å². The molecule has 5 heteroatoms. The second-order valence-corrected chi connectivity index (χ2v) is 3.91. The standard InChI is InChI=1S/C8H12N4O/c9-8-10-7(13-11-8)6-4-12-2-1-5(6)3-12/h5-6H,1-4H2,(H2,9,11)/t5-,6+/m0/s1. The number of nitrogen functional groups attached to an aromatic ring is 1. The number of anilines is 1. The molecule has 0 aromatic carbocycles. The smallest absolute Gasteiger partial charge is 0.260 e. The fraction of sp³-hybridized carbons (Fsp3) is 0.750. The molecule has 0 aliphatic carbocycles. The van der Waals surface area contributed by atoms with E-state index in [2.05, 4.69) is 15.0 Å². The molecule has 1 aromatic heterocycles. The Morgan fingerprint density at radius 2 is 2.38 bits per heavy atom. The average molecular weight is 180 g/mol. The van der Waals surface area contributed by atoms with Crippen LogP contribution in [0.2, 0.25) is 0 Å². The van der Waals surface area contributed by atoms with Crippen molar-refractivity contribution in [2.45, 2.75) is 12.3 Å². The van der Waals surface area contributed by atoms with E-state index in [0.29, 0.717) is 11.8 Å². The van der Waals surface area contributed by atoms with Gasteiger partial charge in [-0.15, -0.1) is 0 Å². The highest BCUT2D eigenvalue weighted by molar-refractivity contribution is 5.15. The first-order chi connectivity index (χ1) is 6.33. The second kappa shape index (κ2) is 2.45. The number of fused-ring (bicyclic) bond motifs is 2. The van der Waals surface area contributed by atoms with E-state index in [4.69, 9.17) is 10.3 Å². The Hall–Kier alpha value is -1.10. The molecule has 1 unspecified atom stereocenters. The Bertz CT molecular complexity index is 324. The summed E-state index contributed by atoms with van der Waals surface area (Å²) in [5.74, 6) is 2.12. The molecule has 0 amide bonds. The normalized spacial score (nSPS) is 37.1. The minimum atomic E-state index is 0.257. The van der Waals surface area contributed by atoms with Gasteiger partial charge in [-0.1, -0.05) is 0 Å². The van der Waals surface area contributed by atoms with E-state index < -0.39 is 0 Å². The molecule has 70 valence electrons. The Balaban J connectivity index is 1.87. The van der Waals surface area contributed by atoms with Gasteiger partial charge in [-0.3, -0.25) is 0 Å². The zero-order chi connectivity index (χ0) is 8.84. The van der Waals surface area contributed by atoms with Gasteiger partial charge in [0, 0.05) is 13.1 Å². The molecule has 5 nitrogen and oxygen atoms in total. The third-order valence-electron chi connectivity index (χ3n) is 3.11. The predicted octanol–water partition coefficient (Wildman–Crippen LogP) is 0.0709. The van der Waals surface area contributed by atoms with Crippen LogP contribution in [0.4, 0.5) is 5.95 Å². The van der Waals surface area contributed by atoms with Crippen LogP contribution in [0.25, 0.3) is 0 Å². The summed E-state index contributed by atoms with van der Waals surface area (Å²) in [5.41, 5.74) is 5.41. The lowest BCUT2D eigenvalue weighted by molar-refractivity contribution is 0.289. The minimum absolute atomic E-state index is 0.257. The molecule has 0 saturated carbocycles. The first-order valence-corrected chi connectivity index (χ1v) is 4.64. The number of aromatic nitrogens is 2. The average Bonchev–Trinajstić information content (AvgIpc) is 2.77. The number of nitrogens with zero attached hydrogens (tertiary/aromatic N) is 3. The summed E-state index contributed by atoms with van der Waals surface area (Å²) in [4.78, 5) is 6.52. The van der Waals surface area contributed by atoms with Crippen molar-refractivity contribution in [2.24, 2.45) is 5.92 Å². The van der Waals surface area contributed by atoms with Crippen LogP contribution in [-0.2, 0) is 0 Å². The van der Waals surface area contributed by atoms with Crippen molar-refractivity contribution in [1.82, 2.24) is 15.0 Å². The van der Waals surface area contributed by atoms with Crippen molar-refractivity contribution in [1.29, 1.82) is 0 Å². The summed E-state index contributed by atoms with van der Waals surface area (Å²) in [5, 5.41) is 3.62. The largest absolute Gasteiger partial charge is 0.365 e. The van der Waals surface area contributed by atoms with Gasteiger partial charge in [0.05, 0.1) is 5.92 Å². The minimum Gasteiger partial charge on any atom is -0.365 e. The molecular weight excluding hydrogens is 168 g/mol. The summed E-state index contributed by atoms with van der Waals surface area (Å²) in [6, 6.07) is 0. The van der Waals surface area contributed by atoms with Crippen molar-refractivity contribution in [3.8, 4) is 0 Å². The second-order valence-electron chi connectivity index (χ2n) is 3.91. The lowest BCUT2D eigenvalue weighted by Gasteiger charge is -2.17. The van der Waals surface area contributed by atoms with Crippen molar-refractivity contribution in [2.75, 3.05) is 25.4 Å². The highest BCUT2D eigenvalue weighted by Crippen LogP contribution is 2.38. The van der Waals surface area contributed by atoms with Gasteiger partial charge in [0.2, 0.25) is 5.89 Å². The Morgan fingerprint density at radius 1 is 1.46 bits per heavy atom. The van der Waals surface area contributed by atoms with E-state index in [1.54, 1.807) is 0 Å². The summed E-state index contributed by atoms with van der Waals surface area (Å²) in [7, 11) is 0. The molecular formula is C8H12N4O. The summed E-state index contributed by atoms with van der Waals surface area (Å²) < 4.78 is 5.09. The van der Waals surface area contributed by atoms with E-state index in [0.717, 1.165) is 12.4 Å². The van der Waals surface area contributed by atoms with Crippen LogP contribution in [0.15, 0.2) is 4.52 Å². The maximum Gasteiger partial charge on any atom is 0.260 e. The molecule has 3 atom stereocenters. The van der Waals surface area contributed by atoms with Crippen LogP contribution in [-0.4, -0.2) is 34.7 Å². The van der Waals surface area contributed by atoms with Crippen LogP contribution < -0.4 is 5.73 Å². The van der Waals surface area contributed by atoms with Gasteiger partial charge in [-0.05, 0) is 24.0 Å². The van der Waals surface area contributed by atoms with Gasteiger partial charge >= 0.3 is 0 Å². The molecule has 2 saturated heterocycles. The molecule has 3 rings (SSSR count). The summed E-state index contributed by atoms with van der Waals surface area (Å²) in [6.07, 6.45) is 1.26. The molecule has 2 fully saturated rings. The SMILES string of the molecule is Nc1noc([C@@H]2CN3CC[C@H]2C3)n1. The maximum absolute atomic E-state index is 5.41. The predicted molar refractivity (Wildman–Crippen MR) is 46.0 cm³/mol. The number of rotatable bonds is 1. The van der Waals surface area contributed by atoms with Gasteiger partial charge in [-0.25, -0.2) is 0 Å². The van der Waals surface area contributed by atoms with E-state index in [9.17, 15) is 0 Å². The number of hydrogen-bond donors (Lipinski definition) is 1. The summed E-state index contributed by atoms with van der Waals surface area (Å²) >= 11 is 0.